The third kappa shape index (κ3) is 88.3. The maximum absolute atomic E-state index is 12.0. The molecular weight excluding hydrogens is 1670 g/mol. The molecule has 0 fully saturated rings. The van der Waals surface area contributed by atoms with E-state index in [1.54, 1.807) is 27.7 Å². The molecule has 0 amide bonds. The first-order valence-electron chi connectivity index (χ1n) is 28.2. The molecule has 0 saturated carbocycles. The molecule has 0 radical (unpaired) electrons. The Morgan fingerprint density at radius 1 is 0.391 bits per heavy atom. The number of carboxylic acids is 3. The monoisotopic (exact) mass is 1780 g/mol. The van der Waals surface area contributed by atoms with E-state index < -0.39 is 51.5 Å². The number of hydrogen-bond donors (Lipinski definition) is 5. The van der Waals surface area contributed by atoms with Gasteiger partial charge in [-0.25, -0.2) is 0 Å². The number of carbonyl (C=O) groups excluding carboxylic acids is 6. The summed E-state index contributed by atoms with van der Waals surface area (Å²) in [4.78, 5) is 97.7. The Morgan fingerprint density at radius 3 is 0.816 bits per heavy atom. The summed E-state index contributed by atoms with van der Waals surface area (Å²) in [6.07, 6.45) is 11.9. The summed E-state index contributed by atoms with van der Waals surface area (Å²) in [5, 5.41) is 46.9. The fraction of sp³-hybridized carbons (Fsp3) is 0.833. The second-order valence-corrected chi connectivity index (χ2v) is 28.7. The third-order valence-electron chi connectivity index (χ3n) is 10.5. The number of alkyl halides is 6. The van der Waals surface area contributed by atoms with Crippen LogP contribution in [0.4, 0.5) is 0 Å². The normalized spacial score (nSPS) is 11.2. The molecule has 27 heteroatoms. The predicted molar refractivity (Wildman–Crippen MR) is 367 cm³/mol. The van der Waals surface area contributed by atoms with Crippen LogP contribution in [0.1, 0.15) is 232 Å². The van der Waals surface area contributed by atoms with Crippen molar-refractivity contribution in [2.24, 2.45) is 17.8 Å². The number of halogens is 8. The van der Waals surface area contributed by atoms with Crippen molar-refractivity contribution < 1.29 is 112 Å². The van der Waals surface area contributed by atoms with E-state index in [0.29, 0.717) is 89.8 Å². The second-order valence-electron chi connectivity index (χ2n) is 24.4. The van der Waals surface area contributed by atoms with E-state index in [9.17, 15) is 53.4 Å². The summed E-state index contributed by atoms with van der Waals surface area (Å²) in [5.74, 6) is -3.43. The topological polar surface area (TPSA) is 292 Å². The molecular formula is C60H108Br6ClIMgO18. The Labute approximate surface area is 611 Å². The quantitative estimate of drug-likeness (QED) is 0.00569. The number of ether oxygens (including phenoxy) is 4. The summed E-state index contributed by atoms with van der Waals surface area (Å²) < 4.78 is 21.4. The van der Waals surface area contributed by atoms with Crippen molar-refractivity contribution in [3.8, 4) is 0 Å². The van der Waals surface area contributed by atoms with Gasteiger partial charge >= 0.3 is 64.8 Å². The molecule has 87 heavy (non-hydrogen) atoms. The minimum atomic E-state index is -0.788. The predicted octanol–water partition coefficient (Wildman–Crippen LogP) is 12.5. The van der Waals surface area contributed by atoms with E-state index >= 15 is 0 Å². The van der Waals surface area contributed by atoms with Gasteiger partial charge in [0.2, 0.25) is 5.24 Å². The summed E-state index contributed by atoms with van der Waals surface area (Å²) in [6, 6.07) is 0. The Morgan fingerprint density at radius 2 is 0.621 bits per heavy atom. The van der Waals surface area contributed by atoms with Gasteiger partial charge in [-0.3, -0.25) is 38.4 Å². The minimum absolute atomic E-state index is 0. The van der Waals surface area contributed by atoms with Crippen LogP contribution in [0.2, 0.25) is 0 Å². The summed E-state index contributed by atoms with van der Waals surface area (Å²) >= 11 is 24.6. The number of carboxylic acid groups (broad SMARTS) is 3. The molecule has 0 aromatic heterocycles. The van der Waals surface area contributed by atoms with Crippen LogP contribution in [0.5, 0.6) is 0 Å². The number of aliphatic carboxylic acids is 3. The summed E-state index contributed by atoms with van der Waals surface area (Å²) in [7, 11) is 0. The summed E-state index contributed by atoms with van der Waals surface area (Å²) in [6.45, 7) is 27.2. The third-order valence-corrected chi connectivity index (χ3v) is 15.5. The zero-order chi connectivity index (χ0) is 67.1. The zero-order valence-electron chi connectivity index (χ0n) is 54.9. The minimum Gasteiger partial charge on any atom is -1.00 e. The maximum Gasteiger partial charge on any atom is 2.00 e. The van der Waals surface area contributed by atoms with Gasteiger partial charge in [0.05, 0.1) is 29.0 Å². The van der Waals surface area contributed by atoms with Gasteiger partial charge in [0.15, 0.2) is 0 Å². The maximum atomic E-state index is 12.0. The van der Waals surface area contributed by atoms with Gasteiger partial charge < -0.3 is 80.7 Å². The molecule has 514 valence electrons. The molecule has 0 saturated heterocycles. The SMILES string of the molecule is CC(=O)CCCCC(=O)O.CC(C)(C)OC(=O)CCCCC(C)(C)OC(=O)C(CBr)CBr.CC(C)(CCCCC(=O)O)OC(=O)C(CBr)CBr.CC(C)(O)CCCCC(=O)O.CC(C)(O)CCCCC(=O)OC(C)(C)C.O=C(Cl)C(CBr)CBr.[CH3-].[I-].[Mg+2]. The number of aliphatic hydroxyl groups is 2. The molecule has 0 aliphatic heterocycles. The molecule has 5 N–H and O–H groups in total. The number of hydrogen-bond acceptors (Lipinski definition) is 15. The van der Waals surface area contributed by atoms with Crippen molar-refractivity contribution in [2.45, 2.75) is 266 Å². The first-order chi connectivity index (χ1) is 38.2. The molecule has 0 heterocycles. The van der Waals surface area contributed by atoms with E-state index in [-0.39, 0.29) is 126 Å². The smallest absolute Gasteiger partial charge is 1.00 e. The van der Waals surface area contributed by atoms with Crippen molar-refractivity contribution in [3.63, 3.8) is 0 Å². The van der Waals surface area contributed by atoms with Crippen molar-refractivity contribution >= 4 is 183 Å². The molecule has 0 bridgehead atoms. The van der Waals surface area contributed by atoms with Crippen LogP contribution in [-0.4, -0.2) is 167 Å². The molecule has 0 unspecified atom stereocenters. The fourth-order valence-corrected chi connectivity index (χ4v) is 11.4. The van der Waals surface area contributed by atoms with Gasteiger partial charge in [-0.1, -0.05) is 108 Å². The van der Waals surface area contributed by atoms with Crippen molar-refractivity contribution in [1.82, 2.24) is 0 Å². The standard InChI is InChI=1S/C16H28Br2O4.C12H20Br2O4.C12H24O3.C8H16O3.C7H12O3.C4H5Br2ClO.CH3.HI.Mg/c1-15(2,3)21-13(19)8-6-7-9-16(4,5)22-14(20)12(10-17)11-18;1-12(2,6-4-3-5-10(15)16)18-11(17)9(7-13)8-14;1-11(2,3)15-10(13)8-6-7-9-12(4,5)14;1-8(2,11)6-4-3-5-7(9)10;1-6(8)4-2-3-5-7(9)10;5-1-3(2-6)4(7)8;;;/h12H,6-11H2,1-5H3;9H,3-8H2,1-2H3,(H,15,16);14H,6-9H2,1-5H3;11H,3-6H2,1-2H3,(H,9,10);2-5H2,1H3,(H,9,10);3H,1-2H2;1H3;1H;/q;;;;;;-1;;+2/p-1. The van der Waals surface area contributed by atoms with Crippen molar-refractivity contribution in [2.75, 3.05) is 32.0 Å². The average molecular weight is 1780 g/mol. The molecule has 0 aromatic carbocycles. The van der Waals surface area contributed by atoms with E-state index in [0.717, 1.165) is 51.4 Å². The molecule has 0 rings (SSSR count). The molecule has 0 aromatic rings. The largest absolute Gasteiger partial charge is 2.00 e. The molecule has 18 nitrogen and oxygen atoms in total. The van der Waals surface area contributed by atoms with E-state index in [1.165, 1.54) is 6.92 Å². The van der Waals surface area contributed by atoms with E-state index in [2.05, 4.69) is 95.6 Å². The summed E-state index contributed by atoms with van der Waals surface area (Å²) in [5.41, 5.74) is -3.18. The number of ketones is 1. The van der Waals surface area contributed by atoms with E-state index in [4.69, 9.17) is 45.9 Å². The molecule has 0 spiro atoms. The first-order valence-corrected chi connectivity index (χ1v) is 35.3. The first kappa shape index (κ1) is 106. The Balaban J connectivity index is -0.000000123. The number of rotatable bonds is 36. The second kappa shape index (κ2) is 59.9. The molecule has 0 aliphatic rings. The molecule has 0 aliphatic carbocycles. The number of esters is 4. The Hall–Kier alpha value is 0.216. The van der Waals surface area contributed by atoms with Gasteiger partial charge in [-0.2, -0.15) is 0 Å². The van der Waals surface area contributed by atoms with Gasteiger partial charge in [0.25, 0.3) is 0 Å². The number of unbranched alkanes of at least 4 members (excludes halogenated alkanes) is 5. The van der Waals surface area contributed by atoms with E-state index in [1.807, 2.05) is 69.2 Å². The fourth-order valence-electron chi connectivity index (χ4n) is 6.05. The van der Waals surface area contributed by atoms with Gasteiger partial charge in [0, 0.05) is 70.5 Å². The van der Waals surface area contributed by atoms with Crippen molar-refractivity contribution in [1.29, 1.82) is 0 Å². The number of carbonyl (C=O) groups is 9. The van der Waals surface area contributed by atoms with Crippen LogP contribution in [0.3, 0.4) is 0 Å². The Bertz CT molecular complexity index is 1810. The van der Waals surface area contributed by atoms with Crippen LogP contribution in [0.15, 0.2) is 0 Å². The van der Waals surface area contributed by atoms with Crippen LogP contribution in [0.25, 0.3) is 0 Å². The van der Waals surface area contributed by atoms with Crippen LogP contribution in [-0.2, 0) is 62.1 Å². The van der Waals surface area contributed by atoms with Gasteiger partial charge in [0.1, 0.15) is 28.2 Å². The van der Waals surface area contributed by atoms with Crippen LogP contribution < -0.4 is 24.0 Å². The zero-order valence-corrected chi connectivity index (χ0v) is 68.7. The Kier molecular flexibility index (Phi) is 73.0. The molecule has 0 atom stereocenters. The van der Waals surface area contributed by atoms with Crippen LogP contribution >= 0.6 is 107 Å². The van der Waals surface area contributed by atoms with Gasteiger partial charge in [-0.15, -0.1) is 0 Å². The van der Waals surface area contributed by atoms with Gasteiger partial charge in [-0.05, 0) is 193 Å². The van der Waals surface area contributed by atoms with Crippen LogP contribution in [0, 0.1) is 25.2 Å². The average Bonchev–Trinajstić information content (AvgIpc) is 3.31. The van der Waals surface area contributed by atoms with Crippen molar-refractivity contribution in [3.05, 3.63) is 7.43 Å². The number of Topliss-reactive ketones (excluding diaryl/α,β-unsaturated/α-hetero) is 1.